The van der Waals surface area contributed by atoms with Crippen LogP contribution in [-0.4, -0.2) is 23.1 Å². The summed E-state index contributed by atoms with van der Waals surface area (Å²) in [5, 5.41) is 10.2. The average Bonchev–Trinajstić information content (AvgIpc) is 2.71. The number of hydrogen-bond acceptors (Lipinski definition) is 4. The molecule has 0 saturated heterocycles. The summed E-state index contributed by atoms with van der Waals surface area (Å²) in [5.74, 6) is -1.06. The van der Waals surface area contributed by atoms with E-state index in [4.69, 9.17) is 28.3 Å². The number of anilines is 1. The summed E-state index contributed by atoms with van der Waals surface area (Å²) >= 11 is 12.7. The first-order valence-corrected chi connectivity index (χ1v) is 6.90. The van der Waals surface area contributed by atoms with Gasteiger partial charge in [0.25, 0.3) is 0 Å². The van der Waals surface area contributed by atoms with Gasteiger partial charge in [-0.15, -0.1) is 0 Å². The van der Waals surface area contributed by atoms with E-state index in [1.807, 2.05) is 30.1 Å². The summed E-state index contributed by atoms with van der Waals surface area (Å²) in [6, 6.07) is 7.46. The molecule has 100 valence electrons. The fourth-order valence-electron chi connectivity index (χ4n) is 1.56. The molecule has 0 atom stereocenters. The van der Waals surface area contributed by atoms with Crippen molar-refractivity contribution in [1.29, 1.82) is 0 Å². The van der Waals surface area contributed by atoms with Gasteiger partial charge in [-0.25, -0.2) is 9.78 Å². The molecule has 0 aliphatic carbocycles. The third-order valence-corrected chi connectivity index (χ3v) is 4.18. The predicted octanol–water partition coefficient (Wildman–Crippen LogP) is 3.78. The van der Waals surface area contributed by atoms with Crippen molar-refractivity contribution in [3.05, 3.63) is 44.9 Å². The molecule has 0 aliphatic heterocycles. The molecule has 0 spiro atoms. The largest absolute Gasteiger partial charge is 0.477 e. The summed E-state index contributed by atoms with van der Waals surface area (Å²) in [7, 11) is 1.82. The molecule has 19 heavy (non-hydrogen) atoms. The first-order valence-electron chi connectivity index (χ1n) is 5.32. The van der Waals surface area contributed by atoms with Crippen molar-refractivity contribution in [3.63, 3.8) is 0 Å². The number of carboxylic acid groups (broad SMARTS) is 1. The van der Waals surface area contributed by atoms with Crippen molar-refractivity contribution in [2.24, 2.45) is 0 Å². The van der Waals surface area contributed by atoms with Crippen LogP contribution in [0.15, 0.2) is 24.3 Å². The second-order valence-corrected chi connectivity index (χ2v) is 5.68. The van der Waals surface area contributed by atoms with Crippen molar-refractivity contribution in [2.75, 3.05) is 11.9 Å². The highest BCUT2D eigenvalue weighted by Crippen LogP contribution is 2.29. The molecular formula is C12H10Cl2N2O2S. The lowest BCUT2D eigenvalue weighted by Crippen LogP contribution is -2.15. The quantitative estimate of drug-likeness (QED) is 0.932. The molecule has 0 aliphatic rings. The van der Waals surface area contributed by atoms with Crippen LogP contribution in [0.4, 0.5) is 5.13 Å². The molecule has 1 aromatic heterocycles. The Morgan fingerprint density at radius 2 is 2.21 bits per heavy atom. The Hall–Kier alpha value is -1.30. The van der Waals surface area contributed by atoms with E-state index in [1.54, 1.807) is 6.07 Å². The second-order valence-electron chi connectivity index (χ2n) is 3.91. The lowest BCUT2D eigenvalue weighted by Gasteiger charge is -2.15. The second kappa shape index (κ2) is 5.77. The van der Waals surface area contributed by atoms with Gasteiger partial charge in [-0.2, -0.15) is 0 Å². The molecular weight excluding hydrogens is 307 g/mol. The number of nitrogens with zero attached hydrogens (tertiary/aromatic N) is 2. The lowest BCUT2D eigenvalue weighted by molar-refractivity contribution is 0.0702. The molecule has 1 aromatic carbocycles. The summed E-state index contributed by atoms with van der Waals surface area (Å²) in [5.41, 5.74) is 1.01. The van der Waals surface area contributed by atoms with E-state index in [0.29, 0.717) is 16.7 Å². The van der Waals surface area contributed by atoms with Gasteiger partial charge in [0.2, 0.25) is 0 Å². The van der Waals surface area contributed by atoms with Crippen LogP contribution in [0.2, 0.25) is 10.2 Å². The van der Waals surface area contributed by atoms with E-state index >= 15 is 0 Å². The van der Waals surface area contributed by atoms with Crippen molar-refractivity contribution >= 4 is 45.6 Å². The zero-order valence-electron chi connectivity index (χ0n) is 9.93. The van der Waals surface area contributed by atoms with Gasteiger partial charge < -0.3 is 10.0 Å². The van der Waals surface area contributed by atoms with Gasteiger partial charge in [0.05, 0.1) is 0 Å². The van der Waals surface area contributed by atoms with Crippen molar-refractivity contribution < 1.29 is 9.90 Å². The summed E-state index contributed by atoms with van der Waals surface area (Å²) in [6.45, 7) is 0.573. The monoisotopic (exact) mass is 316 g/mol. The van der Waals surface area contributed by atoms with Gasteiger partial charge in [0.1, 0.15) is 0 Å². The first-order chi connectivity index (χ1) is 8.97. The number of halogens is 2. The summed E-state index contributed by atoms with van der Waals surface area (Å²) in [6.07, 6.45) is 0. The minimum atomic E-state index is -1.06. The fraction of sp³-hybridized carbons (Fsp3) is 0.167. The van der Waals surface area contributed by atoms with Crippen molar-refractivity contribution in [1.82, 2.24) is 4.98 Å². The number of carbonyl (C=O) groups is 1. The smallest absolute Gasteiger partial charge is 0.349 e. The molecule has 7 heteroatoms. The Morgan fingerprint density at radius 3 is 2.79 bits per heavy atom. The number of benzene rings is 1. The van der Waals surface area contributed by atoms with E-state index in [1.165, 1.54) is 0 Å². The predicted molar refractivity (Wildman–Crippen MR) is 77.6 cm³/mol. The van der Waals surface area contributed by atoms with Gasteiger partial charge in [-0.3, -0.25) is 0 Å². The standard InChI is InChI=1S/C12H10Cl2N2O2S/c1-16(6-7-3-2-4-8(13)5-7)12-15-10(14)9(19-12)11(17)18/h2-5H,6H2,1H3,(H,17,18). The molecule has 4 nitrogen and oxygen atoms in total. The molecule has 1 N–H and O–H groups in total. The topological polar surface area (TPSA) is 53.4 Å². The highest BCUT2D eigenvalue weighted by atomic mass is 35.5. The molecule has 0 bridgehead atoms. The number of thiazole rings is 1. The van der Waals surface area contributed by atoms with Crippen molar-refractivity contribution in [3.8, 4) is 0 Å². The molecule has 0 saturated carbocycles. The van der Waals surface area contributed by atoms with Crippen LogP contribution in [0, 0.1) is 0 Å². The van der Waals surface area contributed by atoms with Crippen LogP contribution >= 0.6 is 34.5 Å². The van der Waals surface area contributed by atoms with E-state index in [2.05, 4.69) is 4.98 Å². The Bertz CT molecular complexity index is 616. The van der Waals surface area contributed by atoms with E-state index in [9.17, 15) is 4.79 Å². The Morgan fingerprint density at radius 1 is 1.47 bits per heavy atom. The van der Waals surface area contributed by atoms with Crippen LogP contribution in [0.1, 0.15) is 15.2 Å². The zero-order chi connectivity index (χ0) is 14.0. The Balaban J connectivity index is 2.18. The molecule has 2 rings (SSSR count). The third-order valence-electron chi connectivity index (χ3n) is 2.40. The SMILES string of the molecule is CN(Cc1cccc(Cl)c1)c1nc(Cl)c(C(=O)O)s1. The summed E-state index contributed by atoms with van der Waals surface area (Å²) in [4.78, 5) is 16.8. The van der Waals surface area contributed by atoms with E-state index in [0.717, 1.165) is 16.9 Å². The van der Waals surface area contributed by atoms with Gasteiger partial charge >= 0.3 is 5.97 Å². The average molecular weight is 317 g/mol. The van der Waals surface area contributed by atoms with Crippen molar-refractivity contribution in [2.45, 2.75) is 6.54 Å². The van der Waals surface area contributed by atoms with Gasteiger partial charge in [0.15, 0.2) is 15.2 Å². The summed E-state index contributed by atoms with van der Waals surface area (Å²) < 4.78 is 0. The number of rotatable bonds is 4. The number of aromatic nitrogens is 1. The third kappa shape index (κ3) is 3.37. The van der Waals surface area contributed by atoms with Gasteiger partial charge in [0, 0.05) is 18.6 Å². The van der Waals surface area contributed by atoms with Crippen LogP contribution in [0.5, 0.6) is 0 Å². The van der Waals surface area contributed by atoms with Crippen LogP contribution in [0.25, 0.3) is 0 Å². The normalized spacial score (nSPS) is 10.5. The van der Waals surface area contributed by atoms with E-state index in [-0.39, 0.29) is 10.0 Å². The Kier molecular flexibility index (Phi) is 4.29. The maximum absolute atomic E-state index is 10.9. The fourth-order valence-corrected chi connectivity index (χ4v) is 2.86. The number of hydrogen-bond donors (Lipinski definition) is 1. The maximum atomic E-state index is 10.9. The van der Waals surface area contributed by atoms with Crippen LogP contribution in [0.3, 0.4) is 0 Å². The van der Waals surface area contributed by atoms with Crippen LogP contribution < -0.4 is 4.90 Å². The first kappa shape index (κ1) is 14.1. The molecule has 2 aromatic rings. The molecule has 1 heterocycles. The molecule has 0 amide bonds. The van der Waals surface area contributed by atoms with Crippen LogP contribution in [-0.2, 0) is 6.54 Å². The highest BCUT2D eigenvalue weighted by Gasteiger charge is 2.17. The highest BCUT2D eigenvalue weighted by molar-refractivity contribution is 7.18. The van der Waals surface area contributed by atoms with E-state index < -0.39 is 5.97 Å². The molecule has 0 radical (unpaired) electrons. The van der Waals surface area contributed by atoms with Gasteiger partial charge in [-0.05, 0) is 17.7 Å². The number of aromatic carboxylic acids is 1. The van der Waals surface area contributed by atoms with Gasteiger partial charge in [-0.1, -0.05) is 46.7 Å². The molecule has 0 fully saturated rings. The lowest BCUT2D eigenvalue weighted by atomic mass is 10.2. The minimum absolute atomic E-state index is 0.0189. The Labute approximate surface area is 124 Å². The zero-order valence-corrected chi connectivity index (χ0v) is 12.3. The maximum Gasteiger partial charge on any atom is 0.349 e. The number of carboxylic acids is 1. The molecule has 0 unspecified atom stereocenters. The minimum Gasteiger partial charge on any atom is -0.477 e.